The number of fused-ring (bicyclic) bond motifs is 1. The molecule has 2 aromatic carbocycles. The zero-order valence-corrected chi connectivity index (χ0v) is 13.1. The fraction of sp³-hybridized carbons (Fsp3) is 0.316. The van der Waals surface area contributed by atoms with Gasteiger partial charge in [-0.05, 0) is 37.1 Å². The first-order valence-electron chi connectivity index (χ1n) is 8.20. The van der Waals surface area contributed by atoms with E-state index in [1.165, 1.54) is 5.56 Å². The van der Waals surface area contributed by atoms with Gasteiger partial charge in [0, 0.05) is 18.8 Å². The quantitative estimate of drug-likeness (QED) is 0.897. The van der Waals surface area contributed by atoms with Gasteiger partial charge in [-0.15, -0.1) is 0 Å². The molecule has 1 amide bonds. The van der Waals surface area contributed by atoms with E-state index in [-0.39, 0.29) is 11.6 Å². The molecule has 118 valence electrons. The first kappa shape index (κ1) is 14.3. The Morgan fingerprint density at radius 2 is 1.78 bits per heavy atom. The summed E-state index contributed by atoms with van der Waals surface area (Å²) in [6.07, 6.45) is 2.03. The molecule has 2 N–H and O–H groups in total. The molecule has 1 atom stereocenters. The third kappa shape index (κ3) is 2.82. The summed E-state index contributed by atoms with van der Waals surface area (Å²) in [6, 6.07) is 18.2. The fourth-order valence-corrected chi connectivity index (χ4v) is 3.69. The number of amides is 1. The Balaban J connectivity index is 1.54. The third-order valence-corrected chi connectivity index (χ3v) is 4.72. The molecule has 4 heteroatoms. The van der Waals surface area contributed by atoms with Gasteiger partial charge in [-0.1, -0.05) is 42.5 Å². The van der Waals surface area contributed by atoms with Crippen molar-refractivity contribution in [3.05, 3.63) is 65.7 Å². The van der Waals surface area contributed by atoms with Crippen molar-refractivity contribution in [3.8, 4) is 0 Å². The summed E-state index contributed by atoms with van der Waals surface area (Å²) in [5.41, 5.74) is 2.64. The molecule has 4 nitrogen and oxygen atoms in total. The average Bonchev–Trinajstić information content (AvgIpc) is 2.56. The van der Waals surface area contributed by atoms with Gasteiger partial charge in [0.15, 0.2) is 0 Å². The predicted octanol–water partition coefficient (Wildman–Crippen LogP) is 2.83. The average molecular weight is 307 g/mol. The first-order chi connectivity index (χ1) is 11.2. The van der Waals surface area contributed by atoms with Gasteiger partial charge in [0.1, 0.15) is 5.66 Å². The summed E-state index contributed by atoms with van der Waals surface area (Å²) in [6.45, 7) is 2.81. The van der Waals surface area contributed by atoms with Gasteiger partial charge in [-0.2, -0.15) is 0 Å². The summed E-state index contributed by atoms with van der Waals surface area (Å²) in [5, 5.41) is 6.80. The zero-order chi connectivity index (χ0) is 15.7. The summed E-state index contributed by atoms with van der Waals surface area (Å²) in [7, 11) is 0. The van der Waals surface area contributed by atoms with Crippen LogP contribution in [-0.4, -0.2) is 29.6 Å². The number of rotatable bonds is 2. The van der Waals surface area contributed by atoms with Crippen LogP contribution in [-0.2, 0) is 6.54 Å². The van der Waals surface area contributed by atoms with Crippen LogP contribution in [0.15, 0.2) is 54.6 Å². The SMILES string of the molecule is O=C1N[C@]2(CCCN(Cc3ccccc3)C2)Nc2ccccc21. The van der Waals surface area contributed by atoms with E-state index < -0.39 is 0 Å². The van der Waals surface area contributed by atoms with Crippen molar-refractivity contribution in [2.24, 2.45) is 0 Å². The molecule has 1 spiro atoms. The van der Waals surface area contributed by atoms with Gasteiger partial charge in [0.2, 0.25) is 0 Å². The van der Waals surface area contributed by atoms with E-state index in [1.807, 2.05) is 30.3 Å². The predicted molar refractivity (Wildman–Crippen MR) is 91.2 cm³/mol. The summed E-state index contributed by atoms with van der Waals surface area (Å²) in [4.78, 5) is 14.9. The number of hydrogen-bond donors (Lipinski definition) is 2. The lowest BCUT2D eigenvalue weighted by molar-refractivity contribution is 0.0795. The van der Waals surface area contributed by atoms with Crippen LogP contribution < -0.4 is 10.6 Å². The molecule has 0 radical (unpaired) electrons. The first-order valence-corrected chi connectivity index (χ1v) is 8.20. The van der Waals surface area contributed by atoms with E-state index in [0.29, 0.717) is 0 Å². The van der Waals surface area contributed by atoms with Crippen LogP contribution in [0.3, 0.4) is 0 Å². The maximum Gasteiger partial charge on any atom is 0.255 e. The fourth-order valence-electron chi connectivity index (χ4n) is 3.69. The summed E-state index contributed by atoms with van der Waals surface area (Å²) >= 11 is 0. The lowest BCUT2D eigenvalue weighted by atomic mass is 9.93. The third-order valence-electron chi connectivity index (χ3n) is 4.72. The minimum atomic E-state index is -0.349. The van der Waals surface area contributed by atoms with Crippen LogP contribution >= 0.6 is 0 Å². The highest BCUT2D eigenvalue weighted by Gasteiger charge is 2.40. The van der Waals surface area contributed by atoms with E-state index >= 15 is 0 Å². The molecule has 23 heavy (non-hydrogen) atoms. The van der Waals surface area contributed by atoms with Crippen molar-refractivity contribution in [1.82, 2.24) is 10.2 Å². The Kier molecular flexibility index (Phi) is 3.54. The van der Waals surface area contributed by atoms with Gasteiger partial charge >= 0.3 is 0 Å². The number of piperidine rings is 1. The van der Waals surface area contributed by atoms with Gasteiger partial charge in [0.05, 0.1) is 5.56 Å². The van der Waals surface area contributed by atoms with Crippen LogP contribution in [0.5, 0.6) is 0 Å². The molecular formula is C19H21N3O. The Hall–Kier alpha value is -2.33. The van der Waals surface area contributed by atoms with E-state index in [4.69, 9.17) is 0 Å². The minimum Gasteiger partial charge on any atom is -0.361 e. The van der Waals surface area contributed by atoms with Gasteiger partial charge < -0.3 is 10.6 Å². The molecular weight excluding hydrogens is 286 g/mol. The molecule has 1 saturated heterocycles. The summed E-state index contributed by atoms with van der Waals surface area (Å²) in [5.74, 6) is 0.0286. The highest BCUT2D eigenvalue weighted by molar-refractivity contribution is 6.02. The van der Waals surface area contributed by atoms with Crippen molar-refractivity contribution in [1.29, 1.82) is 0 Å². The van der Waals surface area contributed by atoms with Crippen molar-refractivity contribution in [2.75, 3.05) is 18.4 Å². The second-order valence-corrected chi connectivity index (χ2v) is 6.51. The normalized spacial score (nSPS) is 23.9. The van der Waals surface area contributed by atoms with E-state index in [0.717, 1.165) is 43.7 Å². The van der Waals surface area contributed by atoms with Gasteiger partial charge in [0.25, 0.3) is 5.91 Å². The van der Waals surface area contributed by atoms with Crippen LogP contribution in [0.2, 0.25) is 0 Å². The number of para-hydroxylation sites is 1. The Morgan fingerprint density at radius 1 is 1.00 bits per heavy atom. The highest BCUT2D eigenvalue weighted by atomic mass is 16.2. The molecule has 0 bridgehead atoms. The van der Waals surface area contributed by atoms with Crippen LogP contribution in [0.25, 0.3) is 0 Å². The van der Waals surface area contributed by atoms with Crippen molar-refractivity contribution < 1.29 is 4.79 Å². The van der Waals surface area contributed by atoms with Crippen LogP contribution in [0.1, 0.15) is 28.8 Å². The molecule has 0 unspecified atom stereocenters. The molecule has 0 saturated carbocycles. The highest BCUT2D eigenvalue weighted by Crippen LogP contribution is 2.30. The number of carbonyl (C=O) groups is 1. The molecule has 0 aromatic heterocycles. The second-order valence-electron chi connectivity index (χ2n) is 6.51. The van der Waals surface area contributed by atoms with Crippen molar-refractivity contribution >= 4 is 11.6 Å². The van der Waals surface area contributed by atoms with E-state index in [1.54, 1.807) is 0 Å². The van der Waals surface area contributed by atoms with Gasteiger partial charge in [-0.3, -0.25) is 9.69 Å². The van der Waals surface area contributed by atoms with Gasteiger partial charge in [-0.25, -0.2) is 0 Å². The standard InChI is InChI=1S/C19H21N3O/c23-18-16-9-4-5-10-17(16)20-19(21-18)11-6-12-22(14-19)13-15-7-2-1-3-8-15/h1-5,7-10,20H,6,11-14H2,(H,21,23)/t19-/m0/s1. The number of anilines is 1. The lowest BCUT2D eigenvalue weighted by Crippen LogP contribution is -2.65. The Morgan fingerprint density at radius 3 is 2.65 bits per heavy atom. The molecule has 2 aliphatic heterocycles. The molecule has 4 rings (SSSR count). The number of nitrogens with one attached hydrogen (secondary N) is 2. The Bertz CT molecular complexity index is 716. The molecule has 0 aliphatic carbocycles. The minimum absolute atomic E-state index is 0.0286. The molecule has 1 fully saturated rings. The number of hydrogen-bond acceptors (Lipinski definition) is 3. The maximum absolute atomic E-state index is 12.5. The smallest absolute Gasteiger partial charge is 0.255 e. The van der Waals surface area contributed by atoms with E-state index in [9.17, 15) is 4.79 Å². The van der Waals surface area contributed by atoms with Crippen molar-refractivity contribution in [3.63, 3.8) is 0 Å². The number of nitrogens with zero attached hydrogens (tertiary/aromatic N) is 1. The summed E-state index contributed by atoms with van der Waals surface area (Å²) < 4.78 is 0. The maximum atomic E-state index is 12.5. The topological polar surface area (TPSA) is 44.4 Å². The molecule has 2 heterocycles. The van der Waals surface area contributed by atoms with Crippen LogP contribution in [0, 0.1) is 0 Å². The number of carbonyl (C=O) groups excluding carboxylic acids is 1. The van der Waals surface area contributed by atoms with Crippen LogP contribution in [0.4, 0.5) is 5.69 Å². The monoisotopic (exact) mass is 307 g/mol. The Labute approximate surface area is 136 Å². The molecule has 2 aliphatic rings. The number of likely N-dealkylation sites (tertiary alicyclic amines) is 1. The largest absolute Gasteiger partial charge is 0.361 e. The molecule has 2 aromatic rings. The lowest BCUT2D eigenvalue weighted by Gasteiger charge is -2.46. The van der Waals surface area contributed by atoms with Crippen molar-refractivity contribution in [2.45, 2.75) is 25.0 Å². The number of benzene rings is 2. The zero-order valence-electron chi connectivity index (χ0n) is 13.1. The second kappa shape index (κ2) is 5.70. The van der Waals surface area contributed by atoms with E-state index in [2.05, 4.69) is 39.8 Å².